The number of anilines is 1. The molecule has 4 nitrogen and oxygen atoms in total. The predicted molar refractivity (Wildman–Crippen MR) is 115 cm³/mol. The van der Waals surface area contributed by atoms with Crippen LogP contribution in [0.25, 0.3) is 0 Å². The molecule has 0 spiro atoms. The summed E-state index contributed by atoms with van der Waals surface area (Å²) >= 11 is 0. The van der Waals surface area contributed by atoms with E-state index < -0.39 is 0 Å². The molecule has 1 atom stereocenters. The Morgan fingerprint density at radius 3 is 2.37 bits per heavy atom. The van der Waals surface area contributed by atoms with Crippen LogP contribution in [0, 0.1) is 6.92 Å². The lowest BCUT2D eigenvalue weighted by Crippen LogP contribution is -2.56. The first kappa shape index (κ1) is 21.7. The Balaban J connectivity index is 0.00000131. The Morgan fingerprint density at radius 2 is 1.67 bits per heavy atom. The van der Waals surface area contributed by atoms with E-state index in [9.17, 15) is 4.79 Å². The third kappa shape index (κ3) is 4.64. The lowest BCUT2D eigenvalue weighted by atomic mass is 9.85. The quantitative estimate of drug-likeness (QED) is 0.841. The van der Waals surface area contributed by atoms with Crippen molar-refractivity contribution >= 4 is 36.4 Å². The summed E-state index contributed by atoms with van der Waals surface area (Å²) in [6.07, 6.45) is 1.49. The van der Waals surface area contributed by atoms with E-state index in [0.717, 1.165) is 38.3 Å². The topological polar surface area (TPSA) is 35.6 Å². The molecule has 1 N–H and O–H groups in total. The summed E-state index contributed by atoms with van der Waals surface area (Å²) in [5.74, 6) is 0.475. The molecule has 1 saturated heterocycles. The Morgan fingerprint density at radius 1 is 1.00 bits per heavy atom. The first-order valence-electron chi connectivity index (χ1n) is 9.15. The summed E-state index contributed by atoms with van der Waals surface area (Å²) in [5.41, 5.74) is 4.93. The van der Waals surface area contributed by atoms with Crippen molar-refractivity contribution < 1.29 is 4.79 Å². The maximum absolute atomic E-state index is 13.0. The number of hydrogen-bond acceptors (Lipinski definition) is 3. The van der Waals surface area contributed by atoms with Gasteiger partial charge in [-0.3, -0.25) is 4.79 Å². The van der Waals surface area contributed by atoms with Crippen LogP contribution >= 0.6 is 24.8 Å². The van der Waals surface area contributed by atoms with E-state index in [0.29, 0.717) is 6.42 Å². The molecule has 1 unspecified atom stereocenters. The number of carbonyl (C=O) groups excluding carboxylic acids is 1. The molecule has 2 aromatic rings. The molecule has 0 bridgehead atoms. The standard InChI is InChI=1S/C21H25N3O.2ClH/c1-16-6-8-17(9-7-16)14-18-15-21(25)24(23-12-10-22-11-13-23)20-5-3-2-4-19(18)20;;/h2-9,18,22H,10-15H2,1H3;2*1H. The smallest absolute Gasteiger partial charge is 0.242 e. The highest BCUT2D eigenvalue weighted by atomic mass is 35.5. The number of piperazine rings is 1. The number of carbonyl (C=O) groups is 1. The summed E-state index contributed by atoms with van der Waals surface area (Å²) in [5, 5.41) is 7.49. The van der Waals surface area contributed by atoms with Crippen LogP contribution in [0.2, 0.25) is 0 Å². The van der Waals surface area contributed by atoms with Gasteiger partial charge in [0.1, 0.15) is 0 Å². The van der Waals surface area contributed by atoms with E-state index in [4.69, 9.17) is 0 Å². The van der Waals surface area contributed by atoms with Gasteiger partial charge in [-0.15, -0.1) is 24.8 Å². The number of halogens is 2. The van der Waals surface area contributed by atoms with Gasteiger partial charge in [-0.05, 0) is 36.5 Å². The normalized spacial score (nSPS) is 19.7. The van der Waals surface area contributed by atoms with E-state index in [1.54, 1.807) is 0 Å². The lowest BCUT2D eigenvalue weighted by Gasteiger charge is -2.42. The van der Waals surface area contributed by atoms with Gasteiger partial charge in [-0.1, -0.05) is 48.0 Å². The van der Waals surface area contributed by atoms with Crippen molar-refractivity contribution in [3.8, 4) is 0 Å². The number of rotatable bonds is 3. The van der Waals surface area contributed by atoms with Gasteiger partial charge >= 0.3 is 0 Å². The maximum atomic E-state index is 13.0. The zero-order chi connectivity index (χ0) is 17.2. The second kappa shape index (κ2) is 9.56. The highest BCUT2D eigenvalue weighted by Crippen LogP contribution is 2.38. The molecular formula is C21H27Cl2N3O. The first-order valence-corrected chi connectivity index (χ1v) is 9.15. The van der Waals surface area contributed by atoms with Gasteiger partial charge in [0.2, 0.25) is 5.91 Å². The van der Waals surface area contributed by atoms with Crippen LogP contribution in [0.15, 0.2) is 48.5 Å². The fraction of sp³-hybridized carbons (Fsp3) is 0.381. The van der Waals surface area contributed by atoms with Gasteiger partial charge in [0.15, 0.2) is 0 Å². The molecule has 0 aliphatic carbocycles. The number of aryl methyl sites for hydroxylation is 1. The SMILES string of the molecule is Cc1ccc(CC2CC(=O)N(N3CCNCC3)c3ccccc32)cc1.Cl.Cl. The average molecular weight is 408 g/mol. The number of fused-ring (bicyclic) bond motifs is 1. The van der Waals surface area contributed by atoms with Crippen molar-refractivity contribution in [2.24, 2.45) is 0 Å². The summed E-state index contributed by atoms with van der Waals surface area (Å²) in [7, 11) is 0. The number of para-hydroxylation sites is 1. The van der Waals surface area contributed by atoms with Crippen molar-refractivity contribution in [3.63, 3.8) is 0 Å². The molecule has 2 aliphatic rings. The van der Waals surface area contributed by atoms with Crippen molar-refractivity contribution in [1.82, 2.24) is 10.3 Å². The summed E-state index contributed by atoms with van der Waals surface area (Å²) < 4.78 is 0. The molecule has 4 rings (SSSR count). The van der Waals surface area contributed by atoms with Crippen LogP contribution in [0.5, 0.6) is 0 Å². The maximum Gasteiger partial charge on any atom is 0.242 e. The van der Waals surface area contributed by atoms with Gasteiger partial charge < -0.3 is 5.32 Å². The Kier molecular flexibility index (Phi) is 7.68. The average Bonchev–Trinajstić information content (AvgIpc) is 2.64. The van der Waals surface area contributed by atoms with Crippen molar-refractivity contribution in [3.05, 3.63) is 65.2 Å². The number of benzene rings is 2. The minimum atomic E-state index is 0. The van der Waals surface area contributed by atoms with Crippen molar-refractivity contribution in [2.45, 2.75) is 25.7 Å². The number of nitrogens with zero attached hydrogens (tertiary/aromatic N) is 2. The highest BCUT2D eigenvalue weighted by Gasteiger charge is 2.34. The lowest BCUT2D eigenvalue weighted by molar-refractivity contribution is -0.122. The number of hydrazine groups is 1. The predicted octanol–water partition coefficient (Wildman–Crippen LogP) is 3.72. The van der Waals surface area contributed by atoms with Crippen LogP contribution in [-0.4, -0.2) is 37.1 Å². The third-order valence-electron chi connectivity index (χ3n) is 5.24. The number of nitrogens with one attached hydrogen (secondary N) is 1. The summed E-state index contributed by atoms with van der Waals surface area (Å²) in [4.78, 5) is 13.0. The van der Waals surface area contributed by atoms with E-state index in [2.05, 4.69) is 59.7 Å². The summed E-state index contributed by atoms with van der Waals surface area (Å²) in [6.45, 7) is 5.72. The van der Waals surface area contributed by atoms with Gasteiger partial charge in [-0.25, -0.2) is 10.0 Å². The molecule has 2 heterocycles. The molecule has 0 aromatic heterocycles. The third-order valence-corrected chi connectivity index (χ3v) is 5.24. The second-order valence-corrected chi connectivity index (χ2v) is 7.06. The van der Waals surface area contributed by atoms with Crippen molar-refractivity contribution in [1.29, 1.82) is 0 Å². The minimum Gasteiger partial charge on any atom is -0.314 e. The molecule has 6 heteroatoms. The Hall–Kier alpha value is -1.59. The van der Waals surface area contributed by atoms with Crippen LogP contribution in [0.1, 0.15) is 29.0 Å². The fourth-order valence-corrected chi connectivity index (χ4v) is 3.92. The monoisotopic (exact) mass is 407 g/mol. The van der Waals surface area contributed by atoms with Gasteiger partial charge in [0.25, 0.3) is 0 Å². The zero-order valence-electron chi connectivity index (χ0n) is 15.6. The van der Waals surface area contributed by atoms with Gasteiger partial charge in [0, 0.05) is 32.6 Å². The number of amides is 1. The molecule has 1 amide bonds. The van der Waals surface area contributed by atoms with E-state index in [-0.39, 0.29) is 36.6 Å². The Bertz CT molecular complexity index is 760. The van der Waals surface area contributed by atoms with Crippen LogP contribution in [0.3, 0.4) is 0 Å². The first-order chi connectivity index (χ1) is 12.2. The largest absolute Gasteiger partial charge is 0.314 e. The van der Waals surface area contributed by atoms with Crippen LogP contribution in [0.4, 0.5) is 5.69 Å². The van der Waals surface area contributed by atoms with Crippen LogP contribution < -0.4 is 10.3 Å². The number of hydrogen-bond donors (Lipinski definition) is 1. The molecule has 2 aromatic carbocycles. The Labute approximate surface area is 173 Å². The molecule has 0 radical (unpaired) electrons. The minimum absolute atomic E-state index is 0. The molecular weight excluding hydrogens is 381 g/mol. The van der Waals surface area contributed by atoms with E-state index in [1.165, 1.54) is 16.7 Å². The van der Waals surface area contributed by atoms with Gasteiger partial charge in [-0.2, -0.15) is 0 Å². The molecule has 27 heavy (non-hydrogen) atoms. The second-order valence-electron chi connectivity index (χ2n) is 7.06. The fourth-order valence-electron chi connectivity index (χ4n) is 3.92. The van der Waals surface area contributed by atoms with E-state index in [1.807, 2.05) is 11.1 Å². The molecule has 2 aliphatic heterocycles. The van der Waals surface area contributed by atoms with E-state index >= 15 is 0 Å². The zero-order valence-corrected chi connectivity index (χ0v) is 17.2. The molecule has 0 saturated carbocycles. The van der Waals surface area contributed by atoms with Crippen LogP contribution in [-0.2, 0) is 11.2 Å². The molecule has 146 valence electrons. The van der Waals surface area contributed by atoms with Crippen molar-refractivity contribution in [2.75, 3.05) is 31.2 Å². The highest BCUT2D eigenvalue weighted by molar-refractivity contribution is 5.96. The van der Waals surface area contributed by atoms with Gasteiger partial charge in [0.05, 0.1) is 5.69 Å². The summed E-state index contributed by atoms with van der Waals surface area (Å²) in [6, 6.07) is 17.1. The molecule has 1 fully saturated rings.